The zero-order valence-electron chi connectivity index (χ0n) is 11.6. The van der Waals surface area contributed by atoms with Gasteiger partial charge in [-0.25, -0.2) is 0 Å². The van der Waals surface area contributed by atoms with Gasteiger partial charge >= 0.3 is 0 Å². The van der Waals surface area contributed by atoms with Crippen molar-refractivity contribution in [1.29, 1.82) is 0 Å². The minimum Gasteiger partial charge on any atom is -0.508 e. The number of benzene rings is 2. The number of rotatable bonds is 2. The summed E-state index contributed by atoms with van der Waals surface area (Å²) >= 11 is 6.15. The molecule has 0 radical (unpaired) electrons. The van der Waals surface area contributed by atoms with Gasteiger partial charge in [0.1, 0.15) is 5.75 Å². The average molecular weight is 290 g/mol. The molecule has 0 spiro atoms. The number of hydrogen-bond acceptors (Lipinski definition) is 2. The van der Waals surface area contributed by atoms with Gasteiger partial charge in [-0.1, -0.05) is 23.7 Å². The molecule has 0 unspecified atom stereocenters. The van der Waals surface area contributed by atoms with Gasteiger partial charge in [0.25, 0.3) is 5.91 Å². The molecule has 0 atom stereocenters. The number of aryl methyl sites for hydroxylation is 3. The first kappa shape index (κ1) is 14.4. The minimum atomic E-state index is -0.258. The first-order valence-corrected chi connectivity index (χ1v) is 6.64. The number of anilines is 1. The Hall–Kier alpha value is -2.00. The summed E-state index contributed by atoms with van der Waals surface area (Å²) in [7, 11) is 0. The third-order valence-electron chi connectivity index (χ3n) is 3.23. The van der Waals surface area contributed by atoms with E-state index in [1.165, 1.54) is 0 Å². The summed E-state index contributed by atoms with van der Waals surface area (Å²) in [5.41, 5.74) is 3.48. The number of nitrogens with one attached hydrogen (secondary N) is 1. The van der Waals surface area contributed by atoms with Crippen molar-refractivity contribution < 1.29 is 9.90 Å². The number of halogens is 1. The van der Waals surface area contributed by atoms with Crippen molar-refractivity contribution in [2.45, 2.75) is 20.8 Å². The molecule has 0 fully saturated rings. The highest BCUT2D eigenvalue weighted by Crippen LogP contribution is 2.26. The predicted octanol–water partition coefficient (Wildman–Crippen LogP) is 4.22. The van der Waals surface area contributed by atoms with E-state index < -0.39 is 0 Å². The quantitative estimate of drug-likeness (QED) is 0.813. The molecule has 104 valence electrons. The molecule has 0 aliphatic heterocycles. The van der Waals surface area contributed by atoms with E-state index in [9.17, 15) is 9.90 Å². The number of aromatic hydroxyl groups is 1. The molecule has 2 rings (SSSR count). The Kier molecular flexibility index (Phi) is 4.00. The van der Waals surface area contributed by atoms with Gasteiger partial charge in [-0.05, 0) is 55.7 Å². The molecule has 20 heavy (non-hydrogen) atoms. The van der Waals surface area contributed by atoms with Crippen molar-refractivity contribution in [3.8, 4) is 5.75 Å². The van der Waals surface area contributed by atoms with Crippen LogP contribution < -0.4 is 5.32 Å². The molecular formula is C16H16ClNO2. The maximum absolute atomic E-state index is 12.3. The highest BCUT2D eigenvalue weighted by atomic mass is 35.5. The number of phenols is 1. The standard InChI is InChI=1S/C16H16ClNO2/c1-9-5-4-6-12(15(9)17)16(20)18-13-7-11(3)14(19)8-10(13)2/h4-8,19H,1-3H3,(H,18,20). The SMILES string of the molecule is Cc1cc(NC(=O)c2cccc(C)c2Cl)c(C)cc1O. The predicted molar refractivity (Wildman–Crippen MR) is 81.7 cm³/mol. The molecule has 0 aliphatic carbocycles. The van der Waals surface area contributed by atoms with Gasteiger partial charge < -0.3 is 10.4 Å². The van der Waals surface area contributed by atoms with Crippen LogP contribution in [0.15, 0.2) is 30.3 Å². The molecule has 0 saturated heterocycles. The van der Waals surface area contributed by atoms with Gasteiger partial charge in [0.15, 0.2) is 0 Å². The molecule has 0 aliphatic rings. The second kappa shape index (κ2) is 5.55. The summed E-state index contributed by atoms with van der Waals surface area (Å²) in [5.74, 6) is -0.0408. The van der Waals surface area contributed by atoms with Crippen LogP contribution in [0.4, 0.5) is 5.69 Å². The van der Waals surface area contributed by atoms with E-state index in [2.05, 4.69) is 5.32 Å². The minimum absolute atomic E-state index is 0.217. The summed E-state index contributed by atoms with van der Waals surface area (Å²) in [4.78, 5) is 12.3. The van der Waals surface area contributed by atoms with E-state index in [1.54, 1.807) is 31.2 Å². The molecule has 2 aromatic rings. The summed E-state index contributed by atoms with van der Waals surface area (Å²) in [6.45, 7) is 5.46. The van der Waals surface area contributed by atoms with Gasteiger partial charge in [-0.3, -0.25) is 4.79 Å². The topological polar surface area (TPSA) is 49.3 Å². The van der Waals surface area contributed by atoms with Crippen molar-refractivity contribution in [3.05, 3.63) is 57.6 Å². The van der Waals surface area contributed by atoms with Gasteiger partial charge in [-0.15, -0.1) is 0 Å². The van der Waals surface area contributed by atoms with Crippen molar-refractivity contribution in [1.82, 2.24) is 0 Å². The lowest BCUT2D eigenvalue weighted by Gasteiger charge is -2.12. The number of hydrogen-bond donors (Lipinski definition) is 2. The Balaban J connectivity index is 2.33. The van der Waals surface area contributed by atoms with Crippen LogP contribution >= 0.6 is 11.6 Å². The highest BCUT2D eigenvalue weighted by Gasteiger charge is 2.13. The van der Waals surface area contributed by atoms with E-state index in [0.29, 0.717) is 21.8 Å². The van der Waals surface area contributed by atoms with Crippen LogP contribution in [0.3, 0.4) is 0 Å². The van der Waals surface area contributed by atoms with Crippen molar-refractivity contribution >= 4 is 23.2 Å². The van der Waals surface area contributed by atoms with Gasteiger partial charge in [0.05, 0.1) is 10.6 Å². The van der Waals surface area contributed by atoms with Gasteiger partial charge in [-0.2, -0.15) is 0 Å². The first-order chi connectivity index (χ1) is 9.40. The monoisotopic (exact) mass is 289 g/mol. The fraction of sp³-hybridized carbons (Fsp3) is 0.188. The molecule has 4 heteroatoms. The van der Waals surface area contributed by atoms with Crippen LogP contribution in [0.2, 0.25) is 5.02 Å². The highest BCUT2D eigenvalue weighted by molar-refractivity contribution is 6.35. The molecule has 0 aromatic heterocycles. The van der Waals surface area contributed by atoms with E-state index in [-0.39, 0.29) is 11.7 Å². The number of amides is 1. The summed E-state index contributed by atoms with van der Waals surface area (Å²) in [5, 5.41) is 12.9. The Morgan fingerprint density at radius 3 is 2.50 bits per heavy atom. The fourth-order valence-electron chi connectivity index (χ4n) is 1.95. The summed E-state index contributed by atoms with van der Waals surface area (Å²) in [6, 6.07) is 8.71. The Morgan fingerprint density at radius 2 is 1.80 bits per heavy atom. The first-order valence-electron chi connectivity index (χ1n) is 6.27. The molecule has 2 aromatic carbocycles. The zero-order valence-corrected chi connectivity index (χ0v) is 12.4. The fourth-order valence-corrected chi connectivity index (χ4v) is 2.16. The summed E-state index contributed by atoms with van der Waals surface area (Å²) in [6.07, 6.45) is 0. The second-order valence-electron chi connectivity index (χ2n) is 4.84. The molecule has 0 saturated carbocycles. The number of carbonyl (C=O) groups is 1. The number of phenolic OH excluding ortho intramolecular Hbond substituents is 1. The second-order valence-corrected chi connectivity index (χ2v) is 5.22. The molecule has 2 N–H and O–H groups in total. The van der Waals surface area contributed by atoms with E-state index >= 15 is 0 Å². The van der Waals surface area contributed by atoms with Crippen LogP contribution in [0.1, 0.15) is 27.0 Å². The third kappa shape index (κ3) is 2.78. The molecule has 0 bridgehead atoms. The van der Waals surface area contributed by atoms with Gasteiger partial charge in [0.2, 0.25) is 0 Å². The van der Waals surface area contributed by atoms with Crippen LogP contribution in [-0.2, 0) is 0 Å². The largest absolute Gasteiger partial charge is 0.508 e. The van der Waals surface area contributed by atoms with Crippen LogP contribution in [0.25, 0.3) is 0 Å². The van der Waals surface area contributed by atoms with Crippen LogP contribution in [-0.4, -0.2) is 11.0 Å². The normalized spacial score (nSPS) is 10.4. The molecule has 0 heterocycles. The maximum atomic E-state index is 12.3. The smallest absolute Gasteiger partial charge is 0.257 e. The average Bonchev–Trinajstić information content (AvgIpc) is 2.39. The Labute approximate surface area is 123 Å². The van der Waals surface area contributed by atoms with Crippen molar-refractivity contribution in [2.75, 3.05) is 5.32 Å². The summed E-state index contributed by atoms with van der Waals surface area (Å²) < 4.78 is 0. The molecular weight excluding hydrogens is 274 g/mol. The molecule has 3 nitrogen and oxygen atoms in total. The number of carbonyl (C=O) groups excluding carboxylic acids is 1. The zero-order chi connectivity index (χ0) is 14.9. The molecule has 1 amide bonds. The van der Waals surface area contributed by atoms with Crippen LogP contribution in [0.5, 0.6) is 5.75 Å². The third-order valence-corrected chi connectivity index (χ3v) is 3.73. The lowest BCUT2D eigenvalue weighted by Crippen LogP contribution is -2.13. The van der Waals surface area contributed by atoms with Crippen molar-refractivity contribution in [3.63, 3.8) is 0 Å². The van der Waals surface area contributed by atoms with E-state index in [4.69, 9.17) is 11.6 Å². The van der Waals surface area contributed by atoms with Crippen molar-refractivity contribution in [2.24, 2.45) is 0 Å². The Morgan fingerprint density at radius 1 is 1.10 bits per heavy atom. The lowest BCUT2D eigenvalue weighted by molar-refractivity contribution is 0.102. The van der Waals surface area contributed by atoms with E-state index in [1.807, 2.05) is 19.9 Å². The van der Waals surface area contributed by atoms with E-state index in [0.717, 1.165) is 11.1 Å². The lowest BCUT2D eigenvalue weighted by atomic mass is 10.1. The van der Waals surface area contributed by atoms with Crippen LogP contribution in [0, 0.1) is 20.8 Å². The maximum Gasteiger partial charge on any atom is 0.257 e. The Bertz CT molecular complexity index is 680. The van der Waals surface area contributed by atoms with Gasteiger partial charge in [0, 0.05) is 5.69 Å².